The monoisotopic (exact) mass is 438 g/mol. The van der Waals surface area contributed by atoms with E-state index < -0.39 is 10.0 Å². The molecule has 0 unspecified atom stereocenters. The van der Waals surface area contributed by atoms with Crippen molar-refractivity contribution < 1.29 is 17.9 Å². The zero-order valence-electron chi connectivity index (χ0n) is 17.8. The summed E-state index contributed by atoms with van der Waals surface area (Å²) >= 11 is 0. The van der Waals surface area contributed by atoms with Gasteiger partial charge in [0.15, 0.2) is 6.61 Å². The fraction of sp³-hybridized carbons (Fsp3) is 0.208. The molecule has 0 aromatic heterocycles. The molecule has 0 aliphatic rings. The Morgan fingerprint density at radius 1 is 0.935 bits per heavy atom. The number of anilines is 2. The van der Waals surface area contributed by atoms with Gasteiger partial charge in [0.25, 0.3) is 15.9 Å². The molecular formula is C24H26N2O4S. The van der Waals surface area contributed by atoms with Gasteiger partial charge in [0.05, 0.1) is 4.90 Å². The third-order valence-corrected chi connectivity index (χ3v) is 6.22. The molecule has 7 heteroatoms. The van der Waals surface area contributed by atoms with Gasteiger partial charge in [0, 0.05) is 11.4 Å². The van der Waals surface area contributed by atoms with E-state index in [1.165, 1.54) is 12.1 Å². The molecule has 0 spiro atoms. The predicted molar refractivity (Wildman–Crippen MR) is 123 cm³/mol. The summed E-state index contributed by atoms with van der Waals surface area (Å²) in [5.41, 5.74) is 3.96. The average molecular weight is 439 g/mol. The van der Waals surface area contributed by atoms with Gasteiger partial charge < -0.3 is 10.1 Å². The topological polar surface area (TPSA) is 84.5 Å². The van der Waals surface area contributed by atoms with Gasteiger partial charge in [-0.1, -0.05) is 43.3 Å². The Bertz CT molecular complexity index is 1180. The Labute approximate surface area is 183 Å². The van der Waals surface area contributed by atoms with Crippen molar-refractivity contribution in [2.24, 2.45) is 0 Å². The zero-order chi connectivity index (χ0) is 22.4. The van der Waals surface area contributed by atoms with Crippen LogP contribution in [0.5, 0.6) is 5.75 Å². The highest BCUT2D eigenvalue weighted by Crippen LogP contribution is 2.24. The SMILES string of the molecule is CCc1cccc(C)c1NC(=O)COc1ccc(S(=O)(=O)Nc2ccccc2)cc1C. The first-order valence-corrected chi connectivity index (χ1v) is 11.5. The maximum Gasteiger partial charge on any atom is 0.262 e. The number of hydrogen-bond donors (Lipinski definition) is 2. The fourth-order valence-electron chi connectivity index (χ4n) is 3.19. The smallest absolute Gasteiger partial charge is 0.262 e. The normalized spacial score (nSPS) is 11.1. The molecule has 6 nitrogen and oxygen atoms in total. The second-order valence-corrected chi connectivity index (χ2v) is 8.88. The van der Waals surface area contributed by atoms with Crippen LogP contribution in [0.15, 0.2) is 71.6 Å². The van der Waals surface area contributed by atoms with Crippen molar-refractivity contribution in [1.82, 2.24) is 0 Å². The number of carbonyl (C=O) groups excluding carboxylic acids is 1. The van der Waals surface area contributed by atoms with Crippen LogP contribution in [-0.4, -0.2) is 20.9 Å². The molecule has 31 heavy (non-hydrogen) atoms. The molecule has 0 heterocycles. The number of amides is 1. The highest BCUT2D eigenvalue weighted by atomic mass is 32.2. The van der Waals surface area contributed by atoms with Crippen molar-refractivity contribution in [1.29, 1.82) is 0 Å². The van der Waals surface area contributed by atoms with Crippen LogP contribution >= 0.6 is 0 Å². The summed E-state index contributed by atoms with van der Waals surface area (Å²) < 4.78 is 33.4. The Kier molecular flexibility index (Phi) is 6.97. The van der Waals surface area contributed by atoms with Crippen molar-refractivity contribution in [3.05, 3.63) is 83.4 Å². The van der Waals surface area contributed by atoms with Crippen LogP contribution in [0.3, 0.4) is 0 Å². The summed E-state index contributed by atoms with van der Waals surface area (Å²) in [5, 5.41) is 2.91. The van der Waals surface area contributed by atoms with Crippen LogP contribution in [0.25, 0.3) is 0 Å². The largest absolute Gasteiger partial charge is 0.483 e. The van der Waals surface area contributed by atoms with Gasteiger partial charge in [-0.3, -0.25) is 9.52 Å². The number of ether oxygens (including phenoxy) is 1. The molecule has 0 atom stereocenters. The van der Waals surface area contributed by atoms with Gasteiger partial charge in [-0.25, -0.2) is 8.42 Å². The van der Waals surface area contributed by atoms with Gasteiger partial charge in [-0.15, -0.1) is 0 Å². The van der Waals surface area contributed by atoms with E-state index >= 15 is 0 Å². The third-order valence-electron chi connectivity index (χ3n) is 4.85. The lowest BCUT2D eigenvalue weighted by Crippen LogP contribution is -2.21. The highest BCUT2D eigenvalue weighted by Gasteiger charge is 2.16. The first-order valence-electron chi connectivity index (χ1n) is 10.00. The van der Waals surface area contributed by atoms with E-state index in [0.29, 0.717) is 17.0 Å². The second-order valence-electron chi connectivity index (χ2n) is 7.20. The zero-order valence-corrected chi connectivity index (χ0v) is 18.6. The van der Waals surface area contributed by atoms with Crippen LogP contribution in [-0.2, 0) is 21.2 Å². The standard InChI is InChI=1S/C24H26N2O4S/c1-4-19-10-8-9-17(2)24(19)25-23(27)16-30-22-14-13-21(15-18(22)3)31(28,29)26-20-11-6-5-7-12-20/h5-15,26H,4,16H2,1-3H3,(H,25,27). The Hall–Kier alpha value is -3.32. The van der Waals surface area contributed by atoms with Crippen LogP contribution < -0.4 is 14.8 Å². The first kappa shape index (κ1) is 22.4. The van der Waals surface area contributed by atoms with E-state index in [0.717, 1.165) is 23.2 Å². The molecule has 1 amide bonds. The van der Waals surface area contributed by atoms with Gasteiger partial charge in [-0.05, 0) is 67.3 Å². The molecule has 3 aromatic carbocycles. The van der Waals surface area contributed by atoms with Crippen LogP contribution in [0.1, 0.15) is 23.6 Å². The van der Waals surface area contributed by atoms with Crippen LogP contribution in [0, 0.1) is 13.8 Å². The highest BCUT2D eigenvalue weighted by molar-refractivity contribution is 7.92. The minimum atomic E-state index is -3.72. The number of benzene rings is 3. The van der Waals surface area contributed by atoms with Crippen molar-refractivity contribution in [3.63, 3.8) is 0 Å². The van der Waals surface area contributed by atoms with Gasteiger partial charge in [0.1, 0.15) is 5.75 Å². The quantitative estimate of drug-likeness (QED) is 0.535. The summed E-state index contributed by atoms with van der Waals surface area (Å²) in [5.74, 6) is 0.181. The Morgan fingerprint density at radius 2 is 1.68 bits per heavy atom. The van der Waals surface area contributed by atoms with Crippen molar-refractivity contribution >= 4 is 27.3 Å². The summed E-state index contributed by atoms with van der Waals surface area (Å²) in [7, 11) is -3.72. The summed E-state index contributed by atoms with van der Waals surface area (Å²) in [4.78, 5) is 12.5. The summed E-state index contributed by atoms with van der Waals surface area (Å²) in [6.45, 7) is 5.55. The van der Waals surface area contributed by atoms with Crippen molar-refractivity contribution in [2.45, 2.75) is 32.1 Å². The molecule has 0 bridgehead atoms. The Balaban J connectivity index is 1.66. The first-order chi connectivity index (χ1) is 14.8. The number of carbonyl (C=O) groups is 1. The fourth-order valence-corrected chi connectivity index (χ4v) is 4.34. The average Bonchev–Trinajstić information content (AvgIpc) is 2.74. The van der Waals surface area contributed by atoms with E-state index in [9.17, 15) is 13.2 Å². The maximum absolute atomic E-state index is 12.6. The molecule has 0 radical (unpaired) electrons. The molecule has 0 saturated carbocycles. The lowest BCUT2D eigenvalue weighted by atomic mass is 10.1. The van der Waals surface area contributed by atoms with Crippen LogP contribution in [0.4, 0.5) is 11.4 Å². The number of rotatable bonds is 8. The molecule has 0 fully saturated rings. The molecule has 162 valence electrons. The molecule has 2 N–H and O–H groups in total. The molecule has 3 rings (SSSR count). The predicted octanol–water partition coefficient (Wildman–Crippen LogP) is 4.68. The third kappa shape index (κ3) is 5.64. The van der Waals surface area contributed by atoms with Gasteiger partial charge in [0.2, 0.25) is 0 Å². The number of hydrogen-bond acceptors (Lipinski definition) is 4. The number of nitrogens with one attached hydrogen (secondary N) is 2. The minimum Gasteiger partial charge on any atom is -0.483 e. The summed E-state index contributed by atoms with van der Waals surface area (Å²) in [6, 6.07) is 19.1. The van der Waals surface area contributed by atoms with E-state index in [-0.39, 0.29) is 17.4 Å². The van der Waals surface area contributed by atoms with Crippen molar-refractivity contribution in [2.75, 3.05) is 16.6 Å². The summed E-state index contributed by atoms with van der Waals surface area (Å²) in [6.07, 6.45) is 0.810. The second kappa shape index (κ2) is 9.66. The molecule has 0 saturated heterocycles. The van der Waals surface area contributed by atoms with E-state index in [1.807, 2.05) is 38.1 Å². The maximum atomic E-state index is 12.6. The number of sulfonamides is 1. The minimum absolute atomic E-state index is 0.123. The van der Waals surface area contributed by atoms with Gasteiger partial charge in [-0.2, -0.15) is 0 Å². The lowest BCUT2D eigenvalue weighted by Gasteiger charge is -2.14. The van der Waals surface area contributed by atoms with Crippen molar-refractivity contribution in [3.8, 4) is 5.75 Å². The molecule has 3 aromatic rings. The molecular weight excluding hydrogens is 412 g/mol. The lowest BCUT2D eigenvalue weighted by molar-refractivity contribution is -0.118. The van der Waals surface area contributed by atoms with E-state index in [4.69, 9.17) is 4.74 Å². The van der Waals surface area contributed by atoms with E-state index in [2.05, 4.69) is 10.0 Å². The number of aryl methyl sites for hydroxylation is 3. The van der Waals surface area contributed by atoms with E-state index in [1.54, 1.807) is 37.3 Å². The molecule has 0 aliphatic carbocycles. The Morgan fingerprint density at radius 3 is 2.35 bits per heavy atom. The van der Waals surface area contributed by atoms with Gasteiger partial charge >= 0.3 is 0 Å². The van der Waals surface area contributed by atoms with Crippen LogP contribution in [0.2, 0.25) is 0 Å². The number of para-hydroxylation sites is 2. The molecule has 0 aliphatic heterocycles.